The average Bonchev–Trinajstić information content (AvgIpc) is 1.87. The fourth-order valence-corrected chi connectivity index (χ4v) is 1.36. The van der Waals surface area contributed by atoms with Crippen molar-refractivity contribution >= 4 is 0 Å². The molecule has 0 aromatic heterocycles. The molecule has 0 aromatic rings. The van der Waals surface area contributed by atoms with Crippen molar-refractivity contribution in [3.8, 4) is 0 Å². The van der Waals surface area contributed by atoms with E-state index >= 15 is 0 Å². The molecule has 11 heavy (non-hydrogen) atoms. The minimum Gasteiger partial charge on any atom is -0.0628 e. The summed E-state index contributed by atoms with van der Waals surface area (Å²) < 4.78 is 0. The first-order chi connectivity index (χ1) is 5.16. The molecule has 0 N–H and O–H groups in total. The fraction of sp³-hybridized carbons (Fsp3) is 0.909. The summed E-state index contributed by atoms with van der Waals surface area (Å²) in [6.45, 7) is 9.15. The van der Waals surface area contributed by atoms with E-state index in [-0.39, 0.29) is 0 Å². The molecule has 0 saturated heterocycles. The quantitative estimate of drug-likeness (QED) is 0.504. The van der Waals surface area contributed by atoms with Gasteiger partial charge in [0, 0.05) is 0 Å². The van der Waals surface area contributed by atoms with Gasteiger partial charge in [-0.3, -0.25) is 0 Å². The molecular weight excluding hydrogens is 132 g/mol. The van der Waals surface area contributed by atoms with Gasteiger partial charge < -0.3 is 0 Å². The molecule has 0 heterocycles. The average molecular weight is 155 g/mol. The second-order valence-electron chi connectivity index (χ2n) is 3.99. The summed E-state index contributed by atoms with van der Waals surface area (Å²) in [4.78, 5) is 0. The van der Waals surface area contributed by atoms with Crippen LogP contribution >= 0.6 is 0 Å². The van der Waals surface area contributed by atoms with Crippen LogP contribution in [0.3, 0.4) is 0 Å². The molecule has 0 spiro atoms. The smallest absolute Gasteiger partial charge is 0.0628 e. The Morgan fingerprint density at radius 1 is 1.18 bits per heavy atom. The van der Waals surface area contributed by atoms with Crippen LogP contribution < -0.4 is 0 Å². The molecule has 0 unspecified atom stereocenters. The third-order valence-corrected chi connectivity index (χ3v) is 2.06. The second-order valence-corrected chi connectivity index (χ2v) is 3.99. The van der Waals surface area contributed by atoms with Crippen LogP contribution in [0.5, 0.6) is 0 Å². The van der Waals surface area contributed by atoms with Gasteiger partial charge in [-0.05, 0) is 25.2 Å². The van der Waals surface area contributed by atoms with Crippen molar-refractivity contribution in [2.75, 3.05) is 0 Å². The molecule has 0 rings (SSSR count). The van der Waals surface area contributed by atoms with Crippen molar-refractivity contribution in [3.05, 3.63) is 5.92 Å². The molecule has 0 aliphatic carbocycles. The maximum absolute atomic E-state index is 2.30. The van der Waals surface area contributed by atoms with Crippen molar-refractivity contribution in [1.29, 1.82) is 0 Å². The molecule has 0 nitrogen and oxygen atoms in total. The topological polar surface area (TPSA) is 0 Å². The Bertz CT molecular complexity index is 74.1. The highest BCUT2D eigenvalue weighted by Gasteiger charge is 2.10. The normalized spacial score (nSPS) is 10.6. The molecule has 0 saturated carbocycles. The van der Waals surface area contributed by atoms with Gasteiger partial charge >= 0.3 is 0 Å². The zero-order valence-corrected chi connectivity index (χ0v) is 8.61. The van der Waals surface area contributed by atoms with E-state index in [1.165, 1.54) is 32.1 Å². The molecule has 0 bridgehead atoms. The molecular formula is C11H23+. The van der Waals surface area contributed by atoms with Gasteiger partial charge in [0.25, 0.3) is 0 Å². The van der Waals surface area contributed by atoms with Gasteiger partial charge in [-0.1, -0.05) is 20.8 Å². The SMILES string of the molecule is CCC[C+](C)CCCC(C)C. The maximum atomic E-state index is 2.30. The van der Waals surface area contributed by atoms with Crippen molar-refractivity contribution in [2.24, 2.45) is 5.92 Å². The molecule has 0 aliphatic rings. The van der Waals surface area contributed by atoms with Crippen LogP contribution in [0.1, 0.15) is 59.8 Å². The summed E-state index contributed by atoms with van der Waals surface area (Å²) in [5, 5.41) is 0. The van der Waals surface area contributed by atoms with E-state index in [1.54, 1.807) is 5.92 Å². The van der Waals surface area contributed by atoms with E-state index < -0.39 is 0 Å². The molecule has 0 atom stereocenters. The zero-order valence-electron chi connectivity index (χ0n) is 8.61. The molecule has 0 heteroatoms. The van der Waals surface area contributed by atoms with E-state index in [9.17, 15) is 0 Å². The predicted octanol–water partition coefficient (Wildman–Crippen LogP) is 4.21. The summed E-state index contributed by atoms with van der Waals surface area (Å²) in [6.07, 6.45) is 6.78. The summed E-state index contributed by atoms with van der Waals surface area (Å²) in [7, 11) is 0. The summed E-state index contributed by atoms with van der Waals surface area (Å²) in [6, 6.07) is 0. The molecule has 0 aliphatic heterocycles. The first kappa shape index (κ1) is 10.9. The Morgan fingerprint density at radius 3 is 2.27 bits per heavy atom. The lowest BCUT2D eigenvalue weighted by Gasteiger charge is -2.02. The van der Waals surface area contributed by atoms with Crippen LogP contribution in [0.2, 0.25) is 0 Å². The van der Waals surface area contributed by atoms with E-state index in [4.69, 9.17) is 0 Å². The Kier molecular flexibility index (Phi) is 6.49. The first-order valence-electron chi connectivity index (χ1n) is 4.98. The van der Waals surface area contributed by atoms with Gasteiger partial charge in [0.05, 0.1) is 25.7 Å². The van der Waals surface area contributed by atoms with Crippen LogP contribution in [-0.2, 0) is 0 Å². The second kappa shape index (κ2) is 6.57. The Balaban J connectivity index is 3.10. The highest BCUT2D eigenvalue weighted by Crippen LogP contribution is 2.17. The van der Waals surface area contributed by atoms with Crippen LogP contribution in [0.25, 0.3) is 0 Å². The molecule has 0 amide bonds. The Labute approximate surface area is 72.4 Å². The predicted molar refractivity (Wildman–Crippen MR) is 52.5 cm³/mol. The highest BCUT2D eigenvalue weighted by molar-refractivity contribution is 4.82. The van der Waals surface area contributed by atoms with Crippen LogP contribution in [-0.4, -0.2) is 0 Å². The van der Waals surface area contributed by atoms with Crippen LogP contribution in [0.4, 0.5) is 0 Å². The van der Waals surface area contributed by atoms with Gasteiger partial charge in [0.15, 0.2) is 0 Å². The molecule has 0 radical (unpaired) electrons. The molecule has 0 aromatic carbocycles. The highest BCUT2D eigenvalue weighted by atomic mass is 14.1. The van der Waals surface area contributed by atoms with Crippen molar-refractivity contribution in [3.63, 3.8) is 0 Å². The first-order valence-corrected chi connectivity index (χ1v) is 4.98. The summed E-state index contributed by atoms with van der Waals surface area (Å²) in [5.74, 6) is 2.57. The lowest BCUT2D eigenvalue weighted by molar-refractivity contribution is 0.533. The van der Waals surface area contributed by atoms with E-state index in [1.807, 2.05) is 0 Å². The number of rotatable bonds is 6. The lowest BCUT2D eigenvalue weighted by Crippen LogP contribution is -1.93. The summed E-state index contributed by atoms with van der Waals surface area (Å²) >= 11 is 0. The Morgan fingerprint density at radius 2 is 1.82 bits per heavy atom. The largest absolute Gasteiger partial charge is 0.0897 e. The number of hydrogen-bond acceptors (Lipinski definition) is 0. The zero-order chi connectivity index (χ0) is 8.69. The molecule has 66 valence electrons. The third kappa shape index (κ3) is 7.77. The fourth-order valence-electron chi connectivity index (χ4n) is 1.36. The van der Waals surface area contributed by atoms with E-state index in [0.29, 0.717) is 0 Å². The van der Waals surface area contributed by atoms with Gasteiger partial charge in [0.2, 0.25) is 0 Å². The van der Waals surface area contributed by atoms with Crippen molar-refractivity contribution < 1.29 is 0 Å². The third-order valence-electron chi connectivity index (χ3n) is 2.06. The minimum absolute atomic E-state index is 0.879. The van der Waals surface area contributed by atoms with Crippen molar-refractivity contribution in [2.45, 2.75) is 59.8 Å². The Hall–Kier alpha value is -0.130. The van der Waals surface area contributed by atoms with Gasteiger partial charge in [0.1, 0.15) is 0 Å². The van der Waals surface area contributed by atoms with Crippen molar-refractivity contribution in [1.82, 2.24) is 0 Å². The standard InChI is InChI=1S/C11H23/c1-5-7-11(4)9-6-8-10(2)3/h10H,5-9H2,1-4H3/q+1. The lowest BCUT2D eigenvalue weighted by atomic mass is 9.96. The monoisotopic (exact) mass is 155 g/mol. The van der Waals surface area contributed by atoms with Gasteiger partial charge in [-0.15, -0.1) is 0 Å². The maximum Gasteiger partial charge on any atom is 0.0897 e. The van der Waals surface area contributed by atoms with E-state index in [2.05, 4.69) is 27.7 Å². The molecule has 0 fully saturated rings. The van der Waals surface area contributed by atoms with Gasteiger partial charge in [-0.25, -0.2) is 0 Å². The summed E-state index contributed by atoms with van der Waals surface area (Å²) in [5.41, 5.74) is 0. The van der Waals surface area contributed by atoms with Crippen LogP contribution in [0.15, 0.2) is 0 Å². The minimum atomic E-state index is 0.879. The van der Waals surface area contributed by atoms with Gasteiger partial charge in [-0.2, -0.15) is 0 Å². The van der Waals surface area contributed by atoms with E-state index in [0.717, 1.165) is 5.92 Å². The number of hydrogen-bond donors (Lipinski definition) is 0. The van der Waals surface area contributed by atoms with Crippen LogP contribution in [0, 0.1) is 11.8 Å².